The minimum Gasteiger partial charge on any atom is -0.378 e. The molecule has 0 radical (unpaired) electrons. The number of carbonyl (C=O) groups is 1. The lowest BCUT2D eigenvalue weighted by Crippen LogP contribution is -2.39. The van der Waals surface area contributed by atoms with Crippen molar-refractivity contribution in [2.75, 3.05) is 19.7 Å². The second-order valence-corrected chi connectivity index (χ2v) is 4.83. The van der Waals surface area contributed by atoms with E-state index >= 15 is 0 Å². The summed E-state index contributed by atoms with van der Waals surface area (Å²) in [7, 11) is 0. The normalized spacial score (nSPS) is 22.1. The van der Waals surface area contributed by atoms with Gasteiger partial charge < -0.3 is 15.4 Å². The number of ether oxygens (including phenoxy) is 1. The van der Waals surface area contributed by atoms with E-state index in [1.54, 1.807) is 0 Å². The van der Waals surface area contributed by atoms with E-state index in [0.29, 0.717) is 12.6 Å². The lowest BCUT2D eigenvalue weighted by Gasteiger charge is -2.22. The van der Waals surface area contributed by atoms with Gasteiger partial charge in [0.15, 0.2) is 0 Å². The van der Waals surface area contributed by atoms with Crippen LogP contribution in [0.15, 0.2) is 0 Å². The molecule has 1 aliphatic rings. The summed E-state index contributed by atoms with van der Waals surface area (Å²) in [4.78, 5) is 11.5. The van der Waals surface area contributed by atoms with E-state index in [4.69, 9.17) is 4.74 Å². The Bertz CT molecular complexity index is 215. The summed E-state index contributed by atoms with van der Waals surface area (Å²) in [6, 6.07) is 0.269. The van der Waals surface area contributed by atoms with Crippen LogP contribution >= 0.6 is 0 Å². The van der Waals surface area contributed by atoms with E-state index in [1.165, 1.54) is 19.3 Å². The van der Waals surface area contributed by atoms with E-state index in [1.807, 2.05) is 6.92 Å². The maximum atomic E-state index is 11.5. The number of hydrogen-bond acceptors (Lipinski definition) is 3. The lowest BCUT2D eigenvalue weighted by atomic mass is 10.1. The van der Waals surface area contributed by atoms with Crippen molar-refractivity contribution in [3.05, 3.63) is 0 Å². The second-order valence-electron chi connectivity index (χ2n) is 4.83. The van der Waals surface area contributed by atoms with Crippen LogP contribution in [-0.4, -0.2) is 37.7 Å². The molecule has 2 N–H and O–H groups in total. The summed E-state index contributed by atoms with van der Waals surface area (Å²) in [5.74, 6) is 0.0870. The average molecular weight is 242 g/mol. The molecule has 2 atom stereocenters. The predicted octanol–water partition coefficient (Wildman–Crippen LogP) is 1.45. The molecule has 0 bridgehead atoms. The van der Waals surface area contributed by atoms with Gasteiger partial charge in [-0.3, -0.25) is 4.79 Å². The van der Waals surface area contributed by atoms with Gasteiger partial charge in [0.2, 0.25) is 5.91 Å². The van der Waals surface area contributed by atoms with Crippen molar-refractivity contribution in [1.29, 1.82) is 0 Å². The van der Waals surface area contributed by atoms with E-state index in [2.05, 4.69) is 17.6 Å². The van der Waals surface area contributed by atoms with Gasteiger partial charge in [-0.2, -0.15) is 0 Å². The number of carbonyl (C=O) groups excluding carboxylic acids is 1. The minimum absolute atomic E-state index is 0.0870. The van der Waals surface area contributed by atoms with Gasteiger partial charge in [-0.25, -0.2) is 0 Å². The van der Waals surface area contributed by atoms with E-state index in [0.717, 1.165) is 26.0 Å². The van der Waals surface area contributed by atoms with Gasteiger partial charge in [0, 0.05) is 12.6 Å². The van der Waals surface area contributed by atoms with Crippen molar-refractivity contribution in [2.45, 2.75) is 58.1 Å². The zero-order valence-electron chi connectivity index (χ0n) is 11.1. The third kappa shape index (κ3) is 6.64. The molecule has 2 unspecified atom stereocenters. The van der Waals surface area contributed by atoms with Crippen LogP contribution in [-0.2, 0) is 9.53 Å². The third-order valence-electron chi connectivity index (χ3n) is 3.22. The fraction of sp³-hybridized carbons (Fsp3) is 0.923. The van der Waals surface area contributed by atoms with E-state index in [-0.39, 0.29) is 11.9 Å². The molecule has 0 saturated carbocycles. The Labute approximate surface area is 104 Å². The summed E-state index contributed by atoms with van der Waals surface area (Å²) in [6.45, 7) is 6.27. The predicted molar refractivity (Wildman–Crippen MR) is 69.0 cm³/mol. The molecule has 100 valence electrons. The van der Waals surface area contributed by atoms with Crippen LogP contribution in [0.5, 0.6) is 0 Å². The number of rotatable bonds is 7. The first-order chi connectivity index (χ1) is 8.22. The Morgan fingerprint density at radius 3 is 2.94 bits per heavy atom. The summed E-state index contributed by atoms with van der Waals surface area (Å²) in [6.07, 6.45) is 6.02. The van der Waals surface area contributed by atoms with Crippen LogP contribution in [0, 0.1) is 0 Å². The van der Waals surface area contributed by atoms with Crippen molar-refractivity contribution in [3.63, 3.8) is 0 Å². The van der Waals surface area contributed by atoms with E-state index < -0.39 is 0 Å². The third-order valence-corrected chi connectivity index (χ3v) is 3.22. The maximum absolute atomic E-state index is 11.5. The second kappa shape index (κ2) is 8.48. The highest BCUT2D eigenvalue weighted by Crippen LogP contribution is 2.14. The first-order valence-electron chi connectivity index (χ1n) is 6.84. The SMILES string of the molecule is CCC(C)NC(=O)CNCCC1CCCCO1. The van der Waals surface area contributed by atoms with Crippen LogP contribution in [0.3, 0.4) is 0 Å². The molecule has 1 heterocycles. The first kappa shape index (κ1) is 14.5. The molecule has 1 aliphatic heterocycles. The Kier molecular flexibility index (Phi) is 7.21. The maximum Gasteiger partial charge on any atom is 0.234 e. The van der Waals surface area contributed by atoms with Gasteiger partial charge in [0.25, 0.3) is 0 Å². The van der Waals surface area contributed by atoms with Crippen molar-refractivity contribution in [3.8, 4) is 0 Å². The van der Waals surface area contributed by atoms with Gasteiger partial charge >= 0.3 is 0 Å². The summed E-state index contributed by atoms with van der Waals surface area (Å²) in [5, 5.41) is 6.11. The highest BCUT2D eigenvalue weighted by Gasteiger charge is 2.13. The van der Waals surface area contributed by atoms with Gasteiger partial charge in [-0.15, -0.1) is 0 Å². The van der Waals surface area contributed by atoms with Crippen LogP contribution in [0.1, 0.15) is 46.0 Å². The van der Waals surface area contributed by atoms with Crippen LogP contribution in [0.25, 0.3) is 0 Å². The lowest BCUT2D eigenvalue weighted by molar-refractivity contribution is -0.120. The van der Waals surface area contributed by atoms with Crippen molar-refractivity contribution in [2.24, 2.45) is 0 Å². The fourth-order valence-corrected chi connectivity index (χ4v) is 1.93. The zero-order valence-corrected chi connectivity index (χ0v) is 11.1. The van der Waals surface area contributed by atoms with E-state index in [9.17, 15) is 4.79 Å². The summed E-state index contributed by atoms with van der Waals surface area (Å²) < 4.78 is 5.63. The van der Waals surface area contributed by atoms with Crippen molar-refractivity contribution in [1.82, 2.24) is 10.6 Å². The van der Waals surface area contributed by atoms with Gasteiger partial charge in [-0.05, 0) is 45.6 Å². The molecule has 1 saturated heterocycles. The molecular formula is C13H26N2O2. The molecule has 1 fully saturated rings. The highest BCUT2D eigenvalue weighted by atomic mass is 16.5. The Hall–Kier alpha value is -0.610. The molecule has 0 aromatic heterocycles. The molecule has 4 nitrogen and oxygen atoms in total. The van der Waals surface area contributed by atoms with Crippen molar-refractivity contribution < 1.29 is 9.53 Å². The van der Waals surface area contributed by atoms with Gasteiger partial charge in [0.1, 0.15) is 0 Å². The Morgan fingerprint density at radius 2 is 2.29 bits per heavy atom. The monoisotopic (exact) mass is 242 g/mol. The molecule has 0 aliphatic carbocycles. The Balaban J connectivity index is 1.97. The zero-order chi connectivity index (χ0) is 12.5. The quantitative estimate of drug-likeness (QED) is 0.664. The topological polar surface area (TPSA) is 50.4 Å². The molecule has 1 rings (SSSR count). The summed E-state index contributed by atoms with van der Waals surface area (Å²) in [5.41, 5.74) is 0. The molecule has 0 aromatic carbocycles. The molecule has 0 spiro atoms. The summed E-state index contributed by atoms with van der Waals surface area (Å²) >= 11 is 0. The highest BCUT2D eigenvalue weighted by molar-refractivity contribution is 5.78. The molecular weight excluding hydrogens is 216 g/mol. The molecule has 0 aromatic rings. The fourth-order valence-electron chi connectivity index (χ4n) is 1.93. The van der Waals surface area contributed by atoms with Crippen LogP contribution in [0.4, 0.5) is 0 Å². The minimum atomic E-state index is 0.0870. The van der Waals surface area contributed by atoms with Crippen molar-refractivity contribution >= 4 is 5.91 Å². The molecule has 1 amide bonds. The van der Waals surface area contributed by atoms with Crippen LogP contribution < -0.4 is 10.6 Å². The molecule has 4 heteroatoms. The number of nitrogens with one attached hydrogen (secondary N) is 2. The Morgan fingerprint density at radius 1 is 1.47 bits per heavy atom. The average Bonchev–Trinajstić information content (AvgIpc) is 2.36. The molecule has 17 heavy (non-hydrogen) atoms. The number of hydrogen-bond donors (Lipinski definition) is 2. The first-order valence-corrected chi connectivity index (χ1v) is 6.84. The van der Waals surface area contributed by atoms with Gasteiger partial charge in [-0.1, -0.05) is 6.92 Å². The smallest absolute Gasteiger partial charge is 0.234 e. The van der Waals surface area contributed by atoms with Crippen LogP contribution in [0.2, 0.25) is 0 Å². The van der Waals surface area contributed by atoms with Gasteiger partial charge in [0.05, 0.1) is 12.6 Å². The standard InChI is InChI=1S/C13H26N2O2/c1-3-11(2)15-13(16)10-14-8-7-12-6-4-5-9-17-12/h11-12,14H,3-10H2,1-2H3,(H,15,16). The number of amides is 1. The largest absolute Gasteiger partial charge is 0.378 e.